The number of likely N-dealkylation sites (tertiary alicyclic amines) is 2. The average Bonchev–Trinajstić information content (AvgIpc) is 3.08. The number of benzene rings is 2. The van der Waals surface area contributed by atoms with Crippen LogP contribution in [-0.4, -0.2) is 76.6 Å². The topological polar surface area (TPSA) is 117 Å². The molecule has 3 aromatic rings. The summed E-state index contributed by atoms with van der Waals surface area (Å²) in [7, 11) is 3.73. The number of nitrogens with zero attached hydrogens (tertiary/aromatic N) is 4. The summed E-state index contributed by atoms with van der Waals surface area (Å²) in [5.74, 6) is 6.47. The molecule has 0 radical (unpaired) electrons. The number of aromatic nitrogens is 2. The highest BCUT2D eigenvalue weighted by Gasteiger charge is 2.29. The number of imide groups is 1. The standard InChI is InChI=1S/C36H39BrN6O4/c1-41-21-28(19-29(22-41)39-31-20-38-42(2)36(47)33(31)37)25-9-11-27(12-10-25)35(46)43-17-15-24(16-18-43)4-3-23-5-7-26(8-6-23)30-13-14-32(44)40-34(30)45/h5-12,20,24,28-30,39H,13-19,21-22H2,1-2H3,(H,40,44,45)/t28-,29+,30?/m1/s1. The Morgan fingerprint density at radius 3 is 2.36 bits per heavy atom. The predicted octanol–water partition coefficient (Wildman–Crippen LogP) is 3.87. The molecule has 11 heteroatoms. The minimum atomic E-state index is -0.295. The molecule has 10 nitrogen and oxygen atoms in total. The maximum Gasteiger partial charge on any atom is 0.282 e. The van der Waals surface area contributed by atoms with Crippen LogP contribution in [0.2, 0.25) is 0 Å². The molecular weight excluding hydrogens is 660 g/mol. The molecule has 3 atom stereocenters. The molecule has 0 spiro atoms. The van der Waals surface area contributed by atoms with Crippen molar-refractivity contribution in [2.45, 2.75) is 50.0 Å². The van der Waals surface area contributed by atoms with E-state index in [0.29, 0.717) is 41.7 Å². The highest BCUT2D eigenvalue weighted by molar-refractivity contribution is 9.10. The largest absolute Gasteiger partial charge is 0.379 e. The number of carbonyl (C=O) groups is 3. The first-order valence-electron chi connectivity index (χ1n) is 16.2. The molecule has 6 rings (SSSR count). The number of halogens is 1. The highest BCUT2D eigenvalue weighted by atomic mass is 79.9. The van der Waals surface area contributed by atoms with Crippen LogP contribution < -0.4 is 16.2 Å². The first-order chi connectivity index (χ1) is 22.6. The van der Waals surface area contributed by atoms with Crippen molar-refractivity contribution in [2.75, 3.05) is 38.5 Å². The summed E-state index contributed by atoms with van der Waals surface area (Å²) in [5.41, 5.74) is 4.20. The summed E-state index contributed by atoms with van der Waals surface area (Å²) in [6.45, 7) is 3.11. The Balaban J connectivity index is 1.01. The zero-order chi connectivity index (χ0) is 33.1. The number of carbonyl (C=O) groups excluding carboxylic acids is 3. The number of piperidine rings is 3. The first kappa shape index (κ1) is 32.7. The van der Waals surface area contributed by atoms with E-state index in [1.807, 2.05) is 41.3 Å². The number of amides is 3. The average molecular weight is 700 g/mol. The molecule has 3 amide bonds. The predicted molar refractivity (Wildman–Crippen MR) is 183 cm³/mol. The van der Waals surface area contributed by atoms with Crippen LogP contribution >= 0.6 is 15.9 Å². The molecule has 3 aliphatic rings. The second kappa shape index (κ2) is 14.2. The Hall–Kier alpha value is -4.27. The van der Waals surface area contributed by atoms with Gasteiger partial charge >= 0.3 is 0 Å². The molecule has 2 N–H and O–H groups in total. The number of hydrogen-bond acceptors (Lipinski definition) is 7. The second-order valence-corrected chi connectivity index (χ2v) is 13.7. The van der Waals surface area contributed by atoms with E-state index in [9.17, 15) is 19.2 Å². The molecule has 2 aromatic carbocycles. The van der Waals surface area contributed by atoms with Gasteiger partial charge in [0.15, 0.2) is 0 Å². The lowest BCUT2D eigenvalue weighted by Gasteiger charge is -2.37. The summed E-state index contributed by atoms with van der Waals surface area (Å²) < 4.78 is 1.79. The molecule has 244 valence electrons. The van der Waals surface area contributed by atoms with Crippen LogP contribution in [0.5, 0.6) is 0 Å². The van der Waals surface area contributed by atoms with E-state index in [1.54, 1.807) is 13.2 Å². The molecule has 3 saturated heterocycles. The Labute approximate surface area is 283 Å². The van der Waals surface area contributed by atoms with E-state index < -0.39 is 0 Å². The summed E-state index contributed by atoms with van der Waals surface area (Å²) >= 11 is 3.41. The van der Waals surface area contributed by atoms with Crippen molar-refractivity contribution >= 4 is 39.3 Å². The molecule has 0 saturated carbocycles. The van der Waals surface area contributed by atoms with E-state index >= 15 is 0 Å². The second-order valence-electron chi connectivity index (χ2n) is 12.9. The molecule has 1 aromatic heterocycles. The zero-order valence-electron chi connectivity index (χ0n) is 26.7. The van der Waals surface area contributed by atoms with Gasteiger partial charge in [-0.1, -0.05) is 36.1 Å². The van der Waals surface area contributed by atoms with Gasteiger partial charge < -0.3 is 15.1 Å². The summed E-state index contributed by atoms with van der Waals surface area (Å²) in [4.78, 5) is 53.5. The third-order valence-electron chi connectivity index (χ3n) is 9.46. The lowest BCUT2D eigenvalue weighted by Crippen LogP contribution is -2.43. The molecular formula is C36H39BrN6O4. The molecule has 4 heterocycles. The van der Waals surface area contributed by atoms with Gasteiger partial charge in [-0.15, -0.1) is 0 Å². The fraction of sp³-hybridized carbons (Fsp3) is 0.417. The molecule has 3 fully saturated rings. The van der Waals surface area contributed by atoms with Crippen molar-refractivity contribution in [3.05, 3.63) is 91.8 Å². The van der Waals surface area contributed by atoms with E-state index in [1.165, 1.54) is 10.2 Å². The van der Waals surface area contributed by atoms with Crippen LogP contribution in [0.1, 0.15) is 71.0 Å². The van der Waals surface area contributed by atoms with Gasteiger partial charge in [0, 0.05) is 62.7 Å². The maximum atomic E-state index is 13.4. The minimum Gasteiger partial charge on any atom is -0.379 e. The Kier molecular flexibility index (Phi) is 9.89. The lowest BCUT2D eigenvalue weighted by atomic mass is 9.87. The molecule has 3 aliphatic heterocycles. The van der Waals surface area contributed by atoms with Crippen LogP contribution in [0.4, 0.5) is 5.69 Å². The normalized spacial score (nSPS) is 22.3. The first-order valence-corrected chi connectivity index (χ1v) is 16.9. The number of anilines is 1. The van der Waals surface area contributed by atoms with Crippen LogP contribution in [0.25, 0.3) is 0 Å². The van der Waals surface area contributed by atoms with Gasteiger partial charge in [0.25, 0.3) is 11.5 Å². The van der Waals surface area contributed by atoms with Crippen LogP contribution in [-0.2, 0) is 16.6 Å². The summed E-state index contributed by atoms with van der Waals surface area (Å²) in [5, 5.41) is 10.1. The van der Waals surface area contributed by atoms with Crippen molar-refractivity contribution in [1.82, 2.24) is 24.9 Å². The van der Waals surface area contributed by atoms with Gasteiger partial charge in [-0.2, -0.15) is 5.10 Å². The Bertz CT molecular complexity index is 1770. The van der Waals surface area contributed by atoms with Crippen LogP contribution in [0, 0.1) is 17.8 Å². The lowest BCUT2D eigenvalue weighted by molar-refractivity contribution is -0.134. The van der Waals surface area contributed by atoms with E-state index in [4.69, 9.17) is 0 Å². The fourth-order valence-corrected chi connectivity index (χ4v) is 7.27. The number of rotatable bonds is 5. The van der Waals surface area contributed by atoms with E-state index in [0.717, 1.165) is 43.5 Å². The van der Waals surface area contributed by atoms with Gasteiger partial charge in [-0.3, -0.25) is 24.5 Å². The van der Waals surface area contributed by atoms with Gasteiger partial charge in [0.05, 0.1) is 17.8 Å². The third kappa shape index (κ3) is 7.66. The molecule has 47 heavy (non-hydrogen) atoms. The highest BCUT2D eigenvalue weighted by Crippen LogP contribution is 2.30. The SMILES string of the molecule is CN1C[C@@H](Nc2cnn(C)c(=O)c2Br)C[C@@H](c2ccc(C(=O)N3CCC(C#Cc4ccc(C5CCC(=O)NC5=O)cc4)CC3)cc2)C1. The smallest absolute Gasteiger partial charge is 0.282 e. The molecule has 1 unspecified atom stereocenters. The zero-order valence-corrected chi connectivity index (χ0v) is 28.3. The Morgan fingerprint density at radius 1 is 0.957 bits per heavy atom. The molecule has 0 aliphatic carbocycles. The fourth-order valence-electron chi connectivity index (χ4n) is 6.80. The van der Waals surface area contributed by atoms with Crippen molar-refractivity contribution in [1.29, 1.82) is 0 Å². The van der Waals surface area contributed by atoms with Crippen molar-refractivity contribution in [2.24, 2.45) is 13.0 Å². The van der Waals surface area contributed by atoms with Gasteiger partial charge in [0.1, 0.15) is 4.47 Å². The van der Waals surface area contributed by atoms with Gasteiger partial charge in [0.2, 0.25) is 11.8 Å². The Morgan fingerprint density at radius 2 is 1.66 bits per heavy atom. The number of hydrogen-bond donors (Lipinski definition) is 2. The van der Waals surface area contributed by atoms with Gasteiger partial charge in [-0.25, -0.2) is 4.68 Å². The number of aryl methyl sites for hydroxylation is 1. The monoisotopic (exact) mass is 698 g/mol. The maximum absolute atomic E-state index is 13.4. The number of likely N-dealkylation sites (N-methyl/N-ethyl adjacent to an activating group) is 1. The van der Waals surface area contributed by atoms with E-state index in [2.05, 4.69) is 67.6 Å². The van der Waals surface area contributed by atoms with Gasteiger partial charge in [-0.05, 0) is 90.0 Å². The van der Waals surface area contributed by atoms with Crippen LogP contribution in [0.3, 0.4) is 0 Å². The van der Waals surface area contributed by atoms with Crippen molar-refractivity contribution < 1.29 is 14.4 Å². The number of nitrogens with one attached hydrogen (secondary N) is 2. The van der Waals surface area contributed by atoms with Crippen molar-refractivity contribution in [3.63, 3.8) is 0 Å². The van der Waals surface area contributed by atoms with Crippen LogP contribution in [0.15, 0.2) is 64.0 Å². The quantitative estimate of drug-likeness (QED) is 0.307. The summed E-state index contributed by atoms with van der Waals surface area (Å²) in [6, 6.07) is 15.9. The minimum absolute atomic E-state index is 0.0512. The van der Waals surface area contributed by atoms with E-state index in [-0.39, 0.29) is 47.1 Å². The van der Waals surface area contributed by atoms with Crippen molar-refractivity contribution in [3.8, 4) is 11.8 Å². The molecule has 0 bridgehead atoms. The third-order valence-corrected chi connectivity index (χ3v) is 10.2. The summed E-state index contributed by atoms with van der Waals surface area (Å²) in [6.07, 6.45) is 5.12.